The van der Waals surface area contributed by atoms with E-state index in [1.54, 1.807) is 18.3 Å². The predicted octanol–water partition coefficient (Wildman–Crippen LogP) is 2.54. The number of carboxylic acid groups (broad SMARTS) is 1. The molecule has 0 spiro atoms. The summed E-state index contributed by atoms with van der Waals surface area (Å²) in [7, 11) is 1.52. The summed E-state index contributed by atoms with van der Waals surface area (Å²) in [5, 5.41) is 11.7. The third kappa shape index (κ3) is 3.23. The molecule has 0 fully saturated rings. The van der Waals surface area contributed by atoms with Crippen LogP contribution in [0.15, 0.2) is 36.5 Å². The van der Waals surface area contributed by atoms with Gasteiger partial charge >= 0.3 is 5.97 Å². The average molecular weight is 276 g/mol. The lowest BCUT2D eigenvalue weighted by atomic mass is 10.2. The molecule has 6 heteroatoms. The third-order valence-corrected chi connectivity index (χ3v) is 2.70. The molecule has 5 nitrogen and oxygen atoms in total. The van der Waals surface area contributed by atoms with Crippen LogP contribution in [0.5, 0.6) is 5.88 Å². The number of rotatable bonds is 5. The van der Waals surface area contributed by atoms with E-state index in [0.717, 1.165) is 11.6 Å². The topological polar surface area (TPSA) is 71.5 Å². The van der Waals surface area contributed by atoms with Crippen molar-refractivity contribution >= 4 is 11.7 Å². The highest BCUT2D eigenvalue weighted by Crippen LogP contribution is 2.17. The highest BCUT2D eigenvalue weighted by molar-refractivity contribution is 5.88. The van der Waals surface area contributed by atoms with Crippen LogP contribution in [0.25, 0.3) is 0 Å². The first-order chi connectivity index (χ1) is 9.60. The number of aromatic carboxylic acids is 1. The Morgan fingerprint density at radius 2 is 2.20 bits per heavy atom. The number of carbonyl (C=O) groups is 1. The average Bonchev–Trinajstić information content (AvgIpc) is 2.46. The molecule has 0 bridgehead atoms. The highest BCUT2D eigenvalue weighted by atomic mass is 19.1. The number of benzene rings is 1. The van der Waals surface area contributed by atoms with Crippen LogP contribution < -0.4 is 10.1 Å². The van der Waals surface area contributed by atoms with Gasteiger partial charge in [0.05, 0.1) is 18.4 Å². The Labute approximate surface area is 115 Å². The summed E-state index contributed by atoms with van der Waals surface area (Å²) in [5.74, 6) is -1.11. The Bertz CT molecular complexity index is 614. The van der Waals surface area contributed by atoms with Crippen molar-refractivity contribution in [2.45, 2.75) is 6.54 Å². The van der Waals surface area contributed by atoms with Crippen LogP contribution in [0.2, 0.25) is 0 Å². The van der Waals surface area contributed by atoms with E-state index in [1.165, 1.54) is 19.2 Å². The monoisotopic (exact) mass is 276 g/mol. The van der Waals surface area contributed by atoms with Gasteiger partial charge in [0.2, 0.25) is 5.88 Å². The minimum atomic E-state index is -1.10. The van der Waals surface area contributed by atoms with Crippen LogP contribution in [0.3, 0.4) is 0 Å². The molecule has 0 unspecified atom stereocenters. The zero-order chi connectivity index (χ0) is 14.5. The fourth-order valence-electron chi connectivity index (χ4n) is 1.63. The fourth-order valence-corrected chi connectivity index (χ4v) is 1.63. The van der Waals surface area contributed by atoms with Gasteiger partial charge in [-0.05, 0) is 23.8 Å². The maximum absolute atomic E-state index is 13.6. The summed E-state index contributed by atoms with van der Waals surface area (Å²) in [6.45, 7) is 0.330. The lowest BCUT2D eigenvalue weighted by Gasteiger charge is -2.08. The van der Waals surface area contributed by atoms with Gasteiger partial charge in [0.25, 0.3) is 0 Å². The normalized spacial score (nSPS) is 10.1. The number of aromatic nitrogens is 1. The van der Waals surface area contributed by atoms with Crippen LogP contribution in [0.1, 0.15) is 15.9 Å². The van der Waals surface area contributed by atoms with E-state index in [0.29, 0.717) is 12.4 Å². The van der Waals surface area contributed by atoms with Crippen LogP contribution in [-0.4, -0.2) is 23.2 Å². The van der Waals surface area contributed by atoms with Crippen molar-refractivity contribution in [2.75, 3.05) is 12.4 Å². The van der Waals surface area contributed by atoms with Gasteiger partial charge in [0.1, 0.15) is 5.82 Å². The van der Waals surface area contributed by atoms with Gasteiger partial charge in [0, 0.05) is 18.8 Å². The number of hydrogen-bond acceptors (Lipinski definition) is 4. The molecule has 0 radical (unpaired) electrons. The Morgan fingerprint density at radius 1 is 1.40 bits per heavy atom. The van der Waals surface area contributed by atoms with Gasteiger partial charge in [-0.1, -0.05) is 6.07 Å². The van der Waals surface area contributed by atoms with Crippen molar-refractivity contribution in [3.63, 3.8) is 0 Å². The lowest BCUT2D eigenvalue weighted by Crippen LogP contribution is -2.04. The molecule has 0 aliphatic heterocycles. The summed E-state index contributed by atoms with van der Waals surface area (Å²) in [6, 6.07) is 7.09. The zero-order valence-electron chi connectivity index (χ0n) is 10.8. The Balaban J connectivity index is 2.09. The summed E-state index contributed by atoms with van der Waals surface area (Å²) in [6.07, 6.45) is 1.60. The van der Waals surface area contributed by atoms with Crippen molar-refractivity contribution < 1.29 is 19.0 Å². The number of pyridine rings is 1. The lowest BCUT2D eigenvalue weighted by molar-refractivity contribution is 0.0697. The summed E-state index contributed by atoms with van der Waals surface area (Å²) < 4.78 is 18.5. The fraction of sp³-hybridized carbons (Fsp3) is 0.143. The second-order valence-electron chi connectivity index (χ2n) is 4.06. The molecule has 0 atom stereocenters. The van der Waals surface area contributed by atoms with Gasteiger partial charge in [-0.3, -0.25) is 0 Å². The van der Waals surface area contributed by atoms with Crippen LogP contribution in [0, 0.1) is 5.82 Å². The van der Waals surface area contributed by atoms with E-state index in [-0.39, 0.29) is 11.3 Å². The van der Waals surface area contributed by atoms with Crippen molar-refractivity contribution in [1.29, 1.82) is 0 Å². The van der Waals surface area contributed by atoms with Crippen LogP contribution in [0.4, 0.5) is 10.1 Å². The molecule has 1 heterocycles. The van der Waals surface area contributed by atoms with Crippen molar-refractivity contribution in [3.8, 4) is 5.88 Å². The first kappa shape index (κ1) is 13.8. The van der Waals surface area contributed by atoms with Gasteiger partial charge < -0.3 is 15.2 Å². The summed E-state index contributed by atoms with van der Waals surface area (Å²) in [4.78, 5) is 14.9. The minimum absolute atomic E-state index is 0.0294. The molecule has 1 aromatic heterocycles. The number of ether oxygens (including phenoxy) is 1. The van der Waals surface area contributed by atoms with E-state index in [2.05, 4.69) is 10.3 Å². The summed E-state index contributed by atoms with van der Waals surface area (Å²) >= 11 is 0. The Morgan fingerprint density at radius 3 is 2.80 bits per heavy atom. The molecular formula is C14H13FN2O3. The molecule has 0 saturated heterocycles. The molecule has 2 N–H and O–H groups in total. The Hall–Kier alpha value is -2.63. The predicted molar refractivity (Wildman–Crippen MR) is 71.5 cm³/mol. The second kappa shape index (κ2) is 6.01. The SMILES string of the molecule is COc1ccc(CNc2cc(C(=O)O)ccc2F)cn1. The number of nitrogens with zero attached hydrogens (tertiary/aromatic N) is 1. The van der Waals surface area contributed by atoms with Gasteiger partial charge in [-0.25, -0.2) is 14.2 Å². The maximum Gasteiger partial charge on any atom is 0.335 e. The number of nitrogens with one attached hydrogen (secondary N) is 1. The van der Waals surface area contributed by atoms with Gasteiger partial charge in [-0.15, -0.1) is 0 Å². The molecular weight excluding hydrogens is 263 g/mol. The highest BCUT2D eigenvalue weighted by Gasteiger charge is 2.08. The second-order valence-corrected chi connectivity index (χ2v) is 4.06. The smallest absolute Gasteiger partial charge is 0.335 e. The zero-order valence-corrected chi connectivity index (χ0v) is 10.8. The van der Waals surface area contributed by atoms with Crippen molar-refractivity contribution in [1.82, 2.24) is 4.98 Å². The van der Waals surface area contributed by atoms with E-state index >= 15 is 0 Å². The van der Waals surface area contributed by atoms with Gasteiger partial charge in [-0.2, -0.15) is 0 Å². The largest absolute Gasteiger partial charge is 0.481 e. The Kier molecular flexibility index (Phi) is 4.14. The maximum atomic E-state index is 13.6. The van der Waals surface area contributed by atoms with Crippen molar-refractivity contribution in [2.24, 2.45) is 0 Å². The molecule has 0 aliphatic rings. The first-order valence-corrected chi connectivity index (χ1v) is 5.86. The molecule has 104 valence electrons. The van der Waals surface area contributed by atoms with Crippen LogP contribution >= 0.6 is 0 Å². The minimum Gasteiger partial charge on any atom is -0.481 e. The quantitative estimate of drug-likeness (QED) is 0.878. The van der Waals surface area contributed by atoms with E-state index < -0.39 is 11.8 Å². The number of halogens is 1. The van der Waals surface area contributed by atoms with Gasteiger partial charge in [0.15, 0.2) is 0 Å². The first-order valence-electron chi connectivity index (χ1n) is 5.86. The van der Waals surface area contributed by atoms with Crippen molar-refractivity contribution in [3.05, 3.63) is 53.5 Å². The molecule has 20 heavy (non-hydrogen) atoms. The van der Waals surface area contributed by atoms with E-state index in [9.17, 15) is 9.18 Å². The third-order valence-electron chi connectivity index (χ3n) is 2.70. The molecule has 0 aliphatic carbocycles. The molecule has 0 saturated carbocycles. The molecule has 2 aromatic rings. The standard InChI is InChI=1S/C14H13FN2O3/c1-20-13-5-2-9(8-17-13)7-16-12-6-10(14(18)19)3-4-11(12)15/h2-6,8,16H,7H2,1H3,(H,18,19). The van der Waals surface area contributed by atoms with E-state index in [1.807, 2.05) is 0 Å². The number of hydrogen-bond donors (Lipinski definition) is 2. The number of carboxylic acids is 1. The number of anilines is 1. The summed E-state index contributed by atoms with van der Waals surface area (Å²) in [5.41, 5.74) is 0.994. The number of methoxy groups -OCH3 is 1. The van der Waals surface area contributed by atoms with E-state index in [4.69, 9.17) is 9.84 Å². The molecule has 2 rings (SSSR count). The molecule has 0 amide bonds. The molecule has 1 aromatic carbocycles. The van der Waals surface area contributed by atoms with Crippen LogP contribution in [-0.2, 0) is 6.54 Å².